The van der Waals surface area contributed by atoms with E-state index in [0.717, 1.165) is 6.42 Å². The molecule has 0 bridgehead atoms. The molecule has 0 radical (unpaired) electrons. The third-order valence-electron chi connectivity index (χ3n) is 3.03. The summed E-state index contributed by atoms with van der Waals surface area (Å²) in [5.74, 6) is 0.220. The molecule has 0 saturated heterocycles. The Morgan fingerprint density at radius 3 is 2.81 bits per heavy atom. The van der Waals surface area contributed by atoms with Gasteiger partial charge in [-0.3, -0.25) is 0 Å². The number of hydrogen-bond donors (Lipinski definition) is 1. The number of rotatable bonds is 4. The minimum atomic E-state index is -0.827. The third-order valence-corrected chi connectivity index (χ3v) is 3.32. The van der Waals surface area contributed by atoms with Gasteiger partial charge in [0.2, 0.25) is 0 Å². The van der Waals surface area contributed by atoms with E-state index in [4.69, 9.17) is 11.6 Å². The van der Waals surface area contributed by atoms with E-state index in [1.165, 1.54) is 18.9 Å². The molecule has 1 fully saturated rings. The molecule has 0 aromatic heterocycles. The van der Waals surface area contributed by atoms with Gasteiger partial charge < -0.3 is 5.11 Å². The highest BCUT2D eigenvalue weighted by Gasteiger charge is 2.32. The van der Waals surface area contributed by atoms with Gasteiger partial charge in [0.1, 0.15) is 5.82 Å². The molecule has 16 heavy (non-hydrogen) atoms. The lowest BCUT2D eigenvalue weighted by atomic mass is 9.91. The Hall–Kier alpha value is -0.600. The van der Waals surface area contributed by atoms with E-state index in [1.54, 1.807) is 19.1 Å². The van der Waals surface area contributed by atoms with Crippen LogP contribution in [0.5, 0.6) is 0 Å². The van der Waals surface area contributed by atoms with Crippen molar-refractivity contribution in [2.24, 2.45) is 5.92 Å². The summed E-state index contributed by atoms with van der Waals surface area (Å²) in [4.78, 5) is 0. The Balaban J connectivity index is 2.09. The van der Waals surface area contributed by atoms with E-state index in [0.29, 0.717) is 17.9 Å². The molecule has 3 heteroatoms. The average Bonchev–Trinajstić information content (AvgIpc) is 2.95. The zero-order chi connectivity index (χ0) is 11.8. The van der Waals surface area contributed by atoms with Gasteiger partial charge in [0, 0.05) is 6.42 Å². The maximum absolute atomic E-state index is 13.6. The Morgan fingerprint density at radius 2 is 2.19 bits per heavy atom. The van der Waals surface area contributed by atoms with E-state index in [2.05, 4.69) is 0 Å². The highest BCUT2D eigenvalue weighted by molar-refractivity contribution is 6.30. The van der Waals surface area contributed by atoms with Crippen LogP contribution in [0.1, 0.15) is 31.7 Å². The number of hydrogen-bond acceptors (Lipinski definition) is 1. The molecule has 1 unspecified atom stereocenters. The lowest BCUT2D eigenvalue weighted by Gasteiger charge is -2.23. The lowest BCUT2D eigenvalue weighted by Crippen LogP contribution is -2.28. The van der Waals surface area contributed by atoms with E-state index in [1.807, 2.05) is 0 Å². The van der Waals surface area contributed by atoms with Gasteiger partial charge in [-0.1, -0.05) is 36.6 Å². The monoisotopic (exact) mass is 242 g/mol. The molecule has 1 atom stereocenters. The highest BCUT2D eigenvalue weighted by Crippen LogP contribution is 2.38. The normalized spacial score (nSPS) is 19.5. The molecular weight excluding hydrogens is 227 g/mol. The van der Waals surface area contributed by atoms with Crippen molar-refractivity contribution in [1.82, 2.24) is 0 Å². The first-order valence-electron chi connectivity index (χ1n) is 5.63. The van der Waals surface area contributed by atoms with Crippen molar-refractivity contribution in [3.63, 3.8) is 0 Å². The summed E-state index contributed by atoms with van der Waals surface area (Å²) in [6.07, 6.45) is 3.46. The predicted octanol–water partition coefficient (Wildman–Crippen LogP) is 3.57. The number of halogens is 2. The largest absolute Gasteiger partial charge is 0.390 e. The van der Waals surface area contributed by atoms with Crippen LogP contribution in [-0.4, -0.2) is 10.7 Å². The quantitative estimate of drug-likeness (QED) is 0.856. The zero-order valence-electron chi connectivity index (χ0n) is 9.34. The van der Waals surface area contributed by atoms with Gasteiger partial charge in [-0.05, 0) is 30.9 Å². The molecule has 1 aromatic rings. The number of aliphatic hydroxyl groups is 1. The fraction of sp³-hybridized carbons (Fsp3) is 0.538. The highest BCUT2D eigenvalue weighted by atomic mass is 35.5. The Labute approximate surface area is 100 Å². The summed E-state index contributed by atoms with van der Waals surface area (Å²) in [7, 11) is 0. The number of benzene rings is 1. The zero-order valence-corrected chi connectivity index (χ0v) is 10.1. The molecule has 0 amide bonds. The van der Waals surface area contributed by atoms with Crippen LogP contribution in [0.4, 0.5) is 4.39 Å². The molecule has 1 nitrogen and oxygen atoms in total. The fourth-order valence-electron chi connectivity index (χ4n) is 2.11. The second-order valence-corrected chi connectivity index (χ2v) is 5.44. The minimum Gasteiger partial charge on any atom is -0.390 e. The van der Waals surface area contributed by atoms with Crippen molar-refractivity contribution in [2.75, 3.05) is 0 Å². The van der Waals surface area contributed by atoms with Gasteiger partial charge in [-0.15, -0.1) is 0 Å². The van der Waals surface area contributed by atoms with Crippen LogP contribution in [-0.2, 0) is 6.42 Å². The van der Waals surface area contributed by atoms with Gasteiger partial charge in [-0.25, -0.2) is 4.39 Å². The van der Waals surface area contributed by atoms with Gasteiger partial charge in [0.25, 0.3) is 0 Å². The van der Waals surface area contributed by atoms with Crippen LogP contribution in [0.3, 0.4) is 0 Å². The van der Waals surface area contributed by atoms with Crippen LogP contribution in [0, 0.1) is 11.7 Å². The molecule has 0 spiro atoms. The first-order chi connectivity index (χ1) is 7.48. The molecule has 0 aliphatic heterocycles. The third kappa shape index (κ3) is 2.96. The summed E-state index contributed by atoms with van der Waals surface area (Å²) in [5, 5.41) is 10.3. The first-order valence-corrected chi connectivity index (χ1v) is 6.01. The predicted molar refractivity (Wildman–Crippen MR) is 63.1 cm³/mol. The summed E-state index contributed by atoms with van der Waals surface area (Å²) < 4.78 is 13.6. The van der Waals surface area contributed by atoms with Crippen molar-refractivity contribution in [3.05, 3.63) is 34.6 Å². The molecule has 0 heterocycles. The van der Waals surface area contributed by atoms with Crippen molar-refractivity contribution in [3.8, 4) is 0 Å². The maximum atomic E-state index is 13.6. The van der Waals surface area contributed by atoms with Crippen molar-refractivity contribution >= 4 is 11.6 Å². The summed E-state index contributed by atoms with van der Waals surface area (Å²) in [5.41, 5.74) is -0.328. The van der Waals surface area contributed by atoms with E-state index >= 15 is 0 Å². The van der Waals surface area contributed by atoms with Crippen LogP contribution < -0.4 is 0 Å². The SMILES string of the molecule is CC(O)(Cc1cccc(Cl)c1F)CC1CC1. The minimum absolute atomic E-state index is 0.125. The van der Waals surface area contributed by atoms with E-state index in [-0.39, 0.29) is 5.02 Å². The molecule has 88 valence electrons. The molecule has 1 aromatic carbocycles. The van der Waals surface area contributed by atoms with E-state index in [9.17, 15) is 9.50 Å². The van der Waals surface area contributed by atoms with Crippen LogP contribution >= 0.6 is 11.6 Å². The van der Waals surface area contributed by atoms with E-state index < -0.39 is 11.4 Å². The average molecular weight is 243 g/mol. The first kappa shape index (κ1) is 11.9. The van der Waals surface area contributed by atoms with Gasteiger partial charge >= 0.3 is 0 Å². The Kier molecular flexibility index (Phi) is 3.22. The van der Waals surface area contributed by atoms with Crippen molar-refractivity contribution in [1.29, 1.82) is 0 Å². The summed E-state index contributed by atoms with van der Waals surface area (Å²) >= 11 is 5.70. The van der Waals surface area contributed by atoms with Crippen molar-refractivity contribution in [2.45, 2.75) is 38.2 Å². The second kappa shape index (κ2) is 4.34. The van der Waals surface area contributed by atoms with Crippen LogP contribution in [0.25, 0.3) is 0 Å². The molecule has 1 saturated carbocycles. The van der Waals surface area contributed by atoms with Crippen LogP contribution in [0.2, 0.25) is 5.02 Å². The second-order valence-electron chi connectivity index (χ2n) is 5.03. The Morgan fingerprint density at radius 1 is 1.50 bits per heavy atom. The standard InChI is InChI=1S/C13H16ClFO/c1-13(16,7-9-5-6-9)8-10-3-2-4-11(14)12(10)15/h2-4,9,16H,5-8H2,1H3. The molecule has 1 N–H and O–H groups in total. The fourth-order valence-corrected chi connectivity index (χ4v) is 2.31. The molecule has 2 rings (SSSR count). The molecule has 1 aliphatic carbocycles. The summed E-state index contributed by atoms with van der Waals surface area (Å²) in [6, 6.07) is 4.92. The maximum Gasteiger partial charge on any atom is 0.145 e. The topological polar surface area (TPSA) is 20.2 Å². The molecular formula is C13H16ClFO. The molecule has 1 aliphatic rings. The lowest BCUT2D eigenvalue weighted by molar-refractivity contribution is 0.0447. The smallest absolute Gasteiger partial charge is 0.145 e. The Bertz CT molecular complexity index is 386. The van der Waals surface area contributed by atoms with Gasteiger partial charge in [0.05, 0.1) is 10.6 Å². The van der Waals surface area contributed by atoms with Gasteiger partial charge in [0.15, 0.2) is 0 Å². The summed E-state index contributed by atoms with van der Waals surface area (Å²) in [6.45, 7) is 1.77. The van der Waals surface area contributed by atoms with Gasteiger partial charge in [-0.2, -0.15) is 0 Å². The van der Waals surface area contributed by atoms with Crippen LogP contribution in [0.15, 0.2) is 18.2 Å². The van der Waals surface area contributed by atoms with Crippen molar-refractivity contribution < 1.29 is 9.50 Å².